The van der Waals surface area contributed by atoms with Crippen LogP contribution >= 0.6 is 0 Å². The normalized spacial score (nSPS) is 16.8. The van der Waals surface area contributed by atoms with Crippen LogP contribution in [0.5, 0.6) is 0 Å². The van der Waals surface area contributed by atoms with E-state index in [1.165, 1.54) is 0 Å². The molecule has 0 heterocycles. The Morgan fingerprint density at radius 1 is 1.20 bits per heavy atom. The topological polar surface area (TPSA) is 60.7 Å². The Hall–Kier alpha value is -0.120. The lowest BCUT2D eigenvalue weighted by atomic mass is 10.1. The molecular formula is C7H16O3. The summed E-state index contributed by atoms with van der Waals surface area (Å²) in [6, 6.07) is 0. The molecule has 3 N–H and O–H groups in total. The van der Waals surface area contributed by atoms with E-state index >= 15 is 0 Å². The molecule has 3 heteroatoms. The van der Waals surface area contributed by atoms with E-state index in [-0.39, 0.29) is 6.61 Å². The average Bonchev–Trinajstić information content (AvgIpc) is 1.98. The van der Waals surface area contributed by atoms with E-state index in [1.54, 1.807) is 0 Å². The van der Waals surface area contributed by atoms with E-state index in [2.05, 4.69) is 0 Å². The summed E-state index contributed by atoms with van der Waals surface area (Å²) in [5.41, 5.74) is 0. The van der Waals surface area contributed by atoms with E-state index in [0.717, 1.165) is 12.8 Å². The molecule has 0 aromatic rings. The summed E-state index contributed by atoms with van der Waals surface area (Å²) >= 11 is 0. The zero-order valence-electron chi connectivity index (χ0n) is 6.32. The fourth-order valence-electron chi connectivity index (χ4n) is 0.727. The van der Waals surface area contributed by atoms with Gasteiger partial charge in [0.25, 0.3) is 0 Å². The zero-order chi connectivity index (χ0) is 7.98. The van der Waals surface area contributed by atoms with Crippen LogP contribution in [0.25, 0.3) is 0 Å². The predicted molar refractivity (Wildman–Crippen MR) is 38.6 cm³/mol. The molecule has 3 nitrogen and oxygen atoms in total. The third kappa shape index (κ3) is 3.82. The molecule has 2 unspecified atom stereocenters. The minimum absolute atomic E-state index is 0.356. The Kier molecular flexibility index (Phi) is 5.58. The molecule has 0 saturated carbocycles. The van der Waals surface area contributed by atoms with E-state index in [9.17, 15) is 0 Å². The third-order valence-electron chi connectivity index (χ3n) is 1.48. The number of hydrogen-bond acceptors (Lipinski definition) is 3. The average molecular weight is 148 g/mol. The van der Waals surface area contributed by atoms with Crippen molar-refractivity contribution in [3.63, 3.8) is 0 Å². The highest BCUT2D eigenvalue weighted by atomic mass is 16.4. The molecule has 0 spiro atoms. The van der Waals surface area contributed by atoms with Crippen LogP contribution in [0.15, 0.2) is 0 Å². The van der Waals surface area contributed by atoms with Crippen molar-refractivity contribution in [1.29, 1.82) is 0 Å². The van der Waals surface area contributed by atoms with Crippen molar-refractivity contribution in [1.82, 2.24) is 0 Å². The minimum atomic E-state index is -0.966. The Balaban J connectivity index is 3.31. The van der Waals surface area contributed by atoms with Gasteiger partial charge in [0.15, 0.2) is 0 Å². The second-order valence-corrected chi connectivity index (χ2v) is 2.46. The zero-order valence-corrected chi connectivity index (χ0v) is 6.32. The second kappa shape index (κ2) is 5.65. The van der Waals surface area contributed by atoms with Gasteiger partial charge < -0.3 is 15.3 Å². The minimum Gasteiger partial charge on any atom is -0.394 e. The SMILES string of the molecule is CCCCC(O)C(O)CO. The predicted octanol–water partition coefficient (Wildman–Crippen LogP) is -0.109. The van der Waals surface area contributed by atoms with E-state index in [0.29, 0.717) is 6.42 Å². The van der Waals surface area contributed by atoms with Gasteiger partial charge >= 0.3 is 0 Å². The Morgan fingerprint density at radius 2 is 1.80 bits per heavy atom. The van der Waals surface area contributed by atoms with Gasteiger partial charge in [-0.3, -0.25) is 0 Å². The summed E-state index contributed by atoms with van der Waals surface area (Å²) in [6.45, 7) is 1.66. The number of aliphatic hydroxyl groups is 3. The van der Waals surface area contributed by atoms with Crippen LogP contribution < -0.4 is 0 Å². The monoisotopic (exact) mass is 148 g/mol. The van der Waals surface area contributed by atoms with Gasteiger partial charge in [0.2, 0.25) is 0 Å². The third-order valence-corrected chi connectivity index (χ3v) is 1.48. The number of hydrogen-bond donors (Lipinski definition) is 3. The molecule has 0 aliphatic heterocycles. The molecule has 0 rings (SSSR count). The molecular weight excluding hydrogens is 132 g/mol. The van der Waals surface area contributed by atoms with E-state index in [1.807, 2.05) is 6.92 Å². The van der Waals surface area contributed by atoms with Crippen molar-refractivity contribution < 1.29 is 15.3 Å². The van der Waals surface area contributed by atoms with Crippen molar-refractivity contribution in [2.24, 2.45) is 0 Å². The van der Waals surface area contributed by atoms with Crippen molar-refractivity contribution in [3.05, 3.63) is 0 Å². The summed E-state index contributed by atoms with van der Waals surface area (Å²) in [7, 11) is 0. The maximum absolute atomic E-state index is 9.04. The van der Waals surface area contributed by atoms with E-state index in [4.69, 9.17) is 15.3 Å². The van der Waals surface area contributed by atoms with Gasteiger partial charge in [0, 0.05) is 0 Å². The van der Waals surface area contributed by atoms with Gasteiger partial charge in [-0.25, -0.2) is 0 Å². The van der Waals surface area contributed by atoms with Crippen LogP contribution in [0.4, 0.5) is 0 Å². The first-order valence-electron chi connectivity index (χ1n) is 3.69. The molecule has 0 bridgehead atoms. The lowest BCUT2D eigenvalue weighted by molar-refractivity contribution is -0.0183. The first kappa shape index (κ1) is 9.88. The maximum atomic E-state index is 9.04. The fourth-order valence-corrected chi connectivity index (χ4v) is 0.727. The fraction of sp³-hybridized carbons (Fsp3) is 1.00. The molecule has 0 aromatic carbocycles. The van der Waals surface area contributed by atoms with Crippen LogP contribution in [0.3, 0.4) is 0 Å². The quantitative estimate of drug-likeness (QED) is 0.510. The Bertz CT molecular complexity index is 75.3. The molecule has 0 aliphatic carbocycles. The summed E-state index contributed by atoms with van der Waals surface area (Å²) in [4.78, 5) is 0. The second-order valence-electron chi connectivity index (χ2n) is 2.46. The maximum Gasteiger partial charge on any atom is 0.103 e. The lowest BCUT2D eigenvalue weighted by Crippen LogP contribution is -2.28. The van der Waals surface area contributed by atoms with Gasteiger partial charge in [-0.2, -0.15) is 0 Å². The molecule has 2 atom stereocenters. The van der Waals surface area contributed by atoms with Crippen molar-refractivity contribution >= 4 is 0 Å². The molecule has 0 aliphatic rings. The van der Waals surface area contributed by atoms with Crippen molar-refractivity contribution in [2.45, 2.75) is 38.4 Å². The van der Waals surface area contributed by atoms with Gasteiger partial charge in [-0.05, 0) is 6.42 Å². The van der Waals surface area contributed by atoms with Crippen molar-refractivity contribution in [2.75, 3.05) is 6.61 Å². The largest absolute Gasteiger partial charge is 0.394 e. The number of unbranched alkanes of at least 4 members (excludes halogenated alkanes) is 1. The first-order valence-corrected chi connectivity index (χ1v) is 3.69. The van der Waals surface area contributed by atoms with Crippen LogP contribution in [-0.4, -0.2) is 34.1 Å². The summed E-state index contributed by atoms with van der Waals surface area (Å²) < 4.78 is 0. The van der Waals surface area contributed by atoms with Crippen LogP contribution in [0.2, 0.25) is 0 Å². The highest BCUT2D eigenvalue weighted by Gasteiger charge is 2.13. The molecule has 0 radical (unpaired) electrons. The van der Waals surface area contributed by atoms with Crippen molar-refractivity contribution in [3.8, 4) is 0 Å². The number of aliphatic hydroxyl groups excluding tert-OH is 3. The van der Waals surface area contributed by atoms with Crippen LogP contribution in [0.1, 0.15) is 26.2 Å². The Morgan fingerprint density at radius 3 is 2.20 bits per heavy atom. The molecule has 0 amide bonds. The standard InChI is InChI=1S/C7H16O3/c1-2-3-4-6(9)7(10)5-8/h6-10H,2-5H2,1H3. The smallest absolute Gasteiger partial charge is 0.103 e. The molecule has 0 fully saturated rings. The van der Waals surface area contributed by atoms with Gasteiger partial charge in [-0.15, -0.1) is 0 Å². The summed E-state index contributed by atoms with van der Waals surface area (Å²) in [5, 5.41) is 26.3. The first-order chi connectivity index (χ1) is 4.72. The highest BCUT2D eigenvalue weighted by Crippen LogP contribution is 2.03. The lowest BCUT2D eigenvalue weighted by Gasteiger charge is -2.14. The summed E-state index contributed by atoms with van der Waals surface area (Å²) in [5.74, 6) is 0. The van der Waals surface area contributed by atoms with Crippen LogP contribution in [0, 0.1) is 0 Å². The van der Waals surface area contributed by atoms with Crippen LogP contribution in [-0.2, 0) is 0 Å². The number of rotatable bonds is 5. The van der Waals surface area contributed by atoms with Gasteiger partial charge in [0.1, 0.15) is 6.10 Å². The molecule has 62 valence electrons. The Labute approximate surface area is 61.3 Å². The highest BCUT2D eigenvalue weighted by molar-refractivity contribution is 4.64. The molecule has 10 heavy (non-hydrogen) atoms. The molecule has 0 saturated heterocycles. The summed E-state index contributed by atoms with van der Waals surface area (Å²) in [6.07, 6.45) is 0.725. The van der Waals surface area contributed by atoms with Gasteiger partial charge in [-0.1, -0.05) is 19.8 Å². The molecule has 0 aromatic heterocycles. The van der Waals surface area contributed by atoms with Gasteiger partial charge in [0.05, 0.1) is 12.7 Å². The van der Waals surface area contributed by atoms with E-state index < -0.39 is 12.2 Å².